The van der Waals surface area contributed by atoms with Gasteiger partial charge in [0.05, 0.1) is 11.5 Å². The summed E-state index contributed by atoms with van der Waals surface area (Å²) in [6.07, 6.45) is 0. The van der Waals surface area contributed by atoms with Crippen molar-refractivity contribution < 1.29 is 14.4 Å². The summed E-state index contributed by atoms with van der Waals surface area (Å²) in [5, 5.41) is 24.2. The molecule has 112 valence electrons. The molecule has 6 heteroatoms. The second-order valence-electron chi connectivity index (χ2n) is 5.29. The molecule has 0 amide bonds. The van der Waals surface area contributed by atoms with Crippen LogP contribution in [-0.4, -0.2) is 16.6 Å². The molecular formula is C15H18N2O4. The largest absolute Gasteiger partial charge is 0.463 e. The van der Waals surface area contributed by atoms with E-state index >= 15 is 0 Å². The lowest BCUT2D eigenvalue weighted by atomic mass is 10.0. The van der Waals surface area contributed by atoms with Gasteiger partial charge in [-0.2, -0.15) is 0 Å². The van der Waals surface area contributed by atoms with Gasteiger partial charge in [0.2, 0.25) is 0 Å². The van der Waals surface area contributed by atoms with E-state index in [0.29, 0.717) is 5.76 Å². The maximum absolute atomic E-state index is 10.7. The van der Waals surface area contributed by atoms with E-state index in [9.17, 15) is 15.2 Å². The monoisotopic (exact) mass is 290 g/mol. The van der Waals surface area contributed by atoms with Gasteiger partial charge in [-0.1, -0.05) is 0 Å². The van der Waals surface area contributed by atoms with E-state index in [1.165, 1.54) is 12.1 Å². The van der Waals surface area contributed by atoms with Crippen molar-refractivity contribution in [1.82, 2.24) is 0 Å². The van der Waals surface area contributed by atoms with Gasteiger partial charge in [0, 0.05) is 17.8 Å². The summed E-state index contributed by atoms with van der Waals surface area (Å²) < 4.78 is 5.44. The molecule has 1 aromatic carbocycles. The standard InChI is InChI=1S/C15H18N2O4/c1-10-8-12(17(19)20)5-6-13(10)16-9-15(3,18)14-7-4-11(2)21-14/h4-8,16,18H,9H2,1-3H3. The highest BCUT2D eigenvalue weighted by Gasteiger charge is 2.26. The third-order valence-electron chi connectivity index (χ3n) is 3.32. The highest BCUT2D eigenvalue weighted by molar-refractivity contribution is 5.55. The zero-order valence-corrected chi connectivity index (χ0v) is 12.2. The van der Waals surface area contributed by atoms with Crippen LogP contribution in [0.1, 0.15) is 24.0 Å². The van der Waals surface area contributed by atoms with E-state index < -0.39 is 10.5 Å². The van der Waals surface area contributed by atoms with Crippen molar-refractivity contribution in [1.29, 1.82) is 0 Å². The topological polar surface area (TPSA) is 88.5 Å². The number of hydrogen-bond acceptors (Lipinski definition) is 5. The molecule has 1 unspecified atom stereocenters. The van der Waals surface area contributed by atoms with Crippen LogP contribution in [0.4, 0.5) is 11.4 Å². The van der Waals surface area contributed by atoms with Crippen molar-refractivity contribution >= 4 is 11.4 Å². The molecule has 21 heavy (non-hydrogen) atoms. The fraction of sp³-hybridized carbons (Fsp3) is 0.333. The summed E-state index contributed by atoms with van der Waals surface area (Å²) in [6, 6.07) is 8.09. The first-order valence-electron chi connectivity index (χ1n) is 6.58. The van der Waals surface area contributed by atoms with Crippen molar-refractivity contribution in [2.24, 2.45) is 0 Å². The summed E-state index contributed by atoms with van der Waals surface area (Å²) in [5.41, 5.74) is 0.369. The maximum atomic E-state index is 10.7. The number of hydrogen-bond donors (Lipinski definition) is 2. The third-order valence-corrected chi connectivity index (χ3v) is 3.32. The zero-order chi connectivity index (χ0) is 15.6. The Morgan fingerprint density at radius 2 is 2.05 bits per heavy atom. The van der Waals surface area contributed by atoms with Gasteiger partial charge in [0.15, 0.2) is 0 Å². The summed E-state index contributed by atoms with van der Waals surface area (Å²) in [6.45, 7) is 5.48. The molecule has 0 aliphatic carbocycles. The van der Waals surface area contributed by atoms with Crippen LogP contribution < -0.4 is 5.32 Å². The fourth-order valence-corrected chi connectivity index (χ4v) is 2.04. The maximum Gasteiger partial charge on any atom is 0.269 e. The number of nitrogens with zero attached hydrogens (tertiary/aromatic N) is 1. The number of nitro benzene ring substituents is 1. The highest BCUT2D eigenvalue weighted by atomic mass is 16.6. The first-order valence-corrected chi connectivity index (χ1v) is 6.58. The molecule has 0 saturated carbocycles. The second kappa shape index (κ2) is 5.57. The van der Waals surface area contributed by atoms with Crippen LogP contribution in [-0.2, 0) is 5.60 Å². The Balaban J connectivity index is 2.10. The average molecular weight is 290 g/mol. The SMILES string of the molecule is Cc1ccc(C(C)(O)CNc2ccc([N+](=O)[O-])cc2C)o1. The first-order chi connectivity index (χ1) is 9.79. The third kappa shape index (κ3) is 3.41. The van der Waals surface area contributed by atoms with Crippen LogP contribution in [0.2, 0.25) is 0 Å². The Labute approximate surface area is 122 Å². The summed E-state index contributed by atoms with van der Waals surface area (Å²) in [7, 11) is 0. The number of non-ortho nitro benzene ring substituents is 1. The normalized spacial score (nSPS) is 13.7. The van der Waals surface area contributed by atoms with E-state index in [1.54, 1.807) is 32.0 Å². The van der Waals surface area contributed by atoms with Gasteiger partial charge < -0.3 is 14.8 Å². The molecule has 0 spiro atoms. The van der Waals surface area contributed by atoms with Gasteiger partial charge in [0.1, 0.15) is 17.1 Å². The molecule has 0 aliphatic heterocycles. The second-order valence-corrected chi connectivity index (χ2v) is 5.29. The Hall–Kier alpha value is -2.34. The zero-order valence-electron chi connectivity index (χ0n) is 12.2. The van der Waals surface area contributed by atoms with Crippen LogP contribution in [0.3, 0.4) is 0 Å². The van der Waals surface area contributed by atoms with Gasteiger partial charge in [-0.3, -0.25) is 10.1 Å². The van der Waals surface area contributed by atoms with Gasteiger partial charge in [0.25, 0.3) is 5.69 Å². The minimum absolute atomic E-state index is 0.0477. The molecule has 0 bridgehead atoms. The predicted molar refractivity (Wildman–Crippen MR) is 79.3 cm³/mol. The van der Waals surface area contributed by atoms with Crippen molar-refractivity contribution in [2.45, 2.75) is 26.4 Å². The Morgan fingerprint density at radius 3 is 2.57 bits per heavy atom. The van der Waals surface area contributed by atoms with E-state index in [2.05, 4.69) is 5.32 Å². The number of anilines is 1. The predicted octanol–water partition coefficient (Wildman–Crippen LogP) is 3.12. The fourth-order valence-electron chi connectivity index (χ4n) is 2.04. The molecule has 0 fully saturated rings. The smallest absolute Gasteiger partial charge is 0.269 e. The molecule has 2 rings (SSSR count). The van der Waals surface area contributed by atoms with Crippen LogP contribution in [0, 0.1) is 24.0 Å². The highest BCUT2D eigenvalue weighted by Crippen LogP contribution is 2.26. The van der Waals surface area contributed by atoms with Gasteiger partial charge in [-0.15, -0.1) is 0 Å². The van der Waals surface area contributed by atoms with Crippen LogP contribution >= 0.6 is 0 Å². The van der Waals surface area contributed by atoms with Crippen molar-refractivity contribution in [3.63, 3.8) is 0 Å². The molecule has 1 heterocycles. The van der Waals surface area contributed by atoms with E-state index in [0.717, 1.165) is 17.0 Å². The number of nitro groups is 1. The minimum Gasteiger partial charge on any atom is -0.463 e. The lowest BCUT2D eigenvalue weighted by Gasteiger charge is -2.22. The Bertz CT molecular complexity index is 661. The van der Waals surface area contributed by atoms with Crippen LogP contribution in [0.5, 0.6) is 0 Å². The summed E-state index contributed by atoms with van der Waals surface area (Å²) >= 11 is 0. The van der Waals surface area contributed by atoms with Crippen molar-refractivity contribution in [3.05, 3.63) is 57.5 Å². The molecule has 6 nitrogen and oxygen atoms in total. The van der Waals surface area contributed by atoms with E-state index in [-0.39, 0.29) is 12.2 Å². The minimum atomic E-state index is -1.16. The molecule has 1 aromatic heterocycles. The molecule has 0 radical (unpaired) electrons. The van der Waals surface area contributed by atoms with E-state index in [1.807, 2.05) is 6.92 Å². The Kier molecular flexibility index (Phi) is 3.99. The van der Waals surface area contributed by atoms with Crippen molar-refractivity contribution in [2.75, 3.05) is 11.9 Å². The lowest BCUT2D eigenvalue weighted by Crippen LogP contribution is -2.30. The van der Waals surface area contributed by atoms with Gasteiger partial charge in [-0.25, -0.2) is 0 Å². The first kappa shape index (κ1) is 15.1. The van der Waals surface area contributed by atoms with Crippen molar-refractivity contribution in [3.8, 4) is 0 Å². The number of aryl methyl sites for hydroxylation is 2. The Morgan fingerprint density at radius 1 is 1.33 bits per heavy atom. The van der Waals surface area contributed by atoms with Crippen LogP contribution in [0.15, 0.2) is 34.7 Å². The van der Waals surface area contributed by atoms with E-state index in [4.69, 9.17) is 4.42 Å². The van der Waals surface area contributed by atoms with Crippen LogP contribution in [0.25, 0.3) is 0 Å². The molecule has 2 N–H and O–H groups in total. The number of nitrogens with one attached hydrogen (secondary N) is 1. The quantitative estimate of drug-likeness (QED) is 0.652. The van der Waals surface area contributed by atoms with Gasteiger partial charge in [-0.05, 0) is 44.5 Å². The molecule has 1 atom stereocenters. The lowest BCUT2D eigenvalue weighted by molar-refractivity contribution is -0.384. The number of rotatable bonds is 5. The summed E-state index contributed by atoms with van der Waals surface area (Å²) in [4.78, 5) is 10.3. The number of furan rings is 1. The molecule has 0 aliphatic rings. The average Bonchev–Trinajstić information content (AvgIpc) is 2.84. The number of aliphatic hydroxyl groups is 1. The molecule has 2 aromatic rings. The molecule has 0 saturated heterocycles. The molecular weight excluding hydrogens is 272 g/mol. The summed E-state index contributed by atoms with van der Waals surface area (Å²) in [5.74, 6) is 1.21. The van der Waals surface area contributed by atoms with Gasteiger partial charge >= 0.3 is 0 Å². The number of benzene rings is 1.